The summed E-state index contributed by atoms with van der Waals surface area (Å²) < 4.78 is 5.06. The van der Waals surface area contributed by atoms with Crippen LogP contribution in [0, 0.1) is 5.92 Å². The topological polar surface area (TPSA) is 50.4 Å². The fourth-order valence-electron chi connectivity index (χ4n) is 2.49. The van der Waals surface area contributed by atoms with Crippen molar-refractivity contribution in [3.05, 3.63) is 29.3 Å². The summed E-state index contributed by atoms with van der Waals surface area (Å²) in [5.74, 6) is 0.297. The molecule has 4 nitrogen and oxygen atoms in total. The molecule has 0 aliphatic carbocycles. The molecule has 1 atom stereocenters. The number of hydrogen-bond donors (Lipinski definition) is 2. The lowest BCUT2D eigenvalue weighted by atomic mass is 9.99. The number of fused-ring (bicyclic) bond motifs is 1. The van der Waals surface area contributed by atoms with Gasteiger partial charge in [-0.3, -0.25) is 4.79 Å². The summed E-state index contributed by atoms with van der Waals surface area (Å²) in [7, 11) is 1.66. The molecule has 1 heterocycles. The van der Waals surface area contributed by atoms with Crippen molar-refractivity contribution in [2.75, 3.05) is 25.6 Å². The van der Waals surface area contributed by atoms with Crippen molar-refractivity contribution < 1.29 is 9.53 Å². The molecule has 0 fully saturated rings. The van der Waals surface area contributed by atoms with E-state index in [1.165, 1.54) is 11.1 Å². The van der Waals surface area contributed by atoms with Crippen molar-refractivity contribution in [1.29, 1.82) is 0 Å². The van der Waals surface area contributed by atoms with E-state index in [2.05, 4.69) is 16.7 Å². The molecule has 4 heteroatoms. The van der Waals surface area contributed by atoms with Gasteiger partial charge in [-0.1, -0.05) is 19.1 Å². The fourth-order valence-corrected chi connectivity index (χ4v) is 2.49. The van der Waals surface area contributed by atoms with E-state index in [1.54, 1.807) is 7.11 Å². The number of amides is 1. The zero-order valence-corrected chi connectivity index (χ0v) is 11.7. The number of hydrogen-bond acceptors (Lipinski definition) is 3. The van der Waals surface area contributed by atoms with E-state index in [1.807, 2.05) is 19.1 Å². The van der Waals surface area contributed by atoms with Gasteiger partial charge in [-0.2, -0.15) is 0 Å². The standard InChI is InChI=1S/C15H22N2O2/c1-11(10-19-2)8-15(18)17-14-5-3-4-12-6-7-16-9-13(12)14/h3-5,11,16H,6-10H2,1-2H3,(H,17,18). The van der Waals surface area contributed by atoms with E-state index < -0.39 is 0 Å². The Labute approximate surface area is 114 Å². The van der Waals surface area contributed by atoms with E-state index in [4.69, 9.17) is 4.74 Å². The van der Waals surface area contributed by atoms with Gasteiger partial charge in [0.25, 0.3) is 0 Å². The highest BCUT2D eigenvalue weighted by Gasteiger charge is 2.15. The van der Waals surface area contributed by atoms with Crippen LogP contribution in [0.5, 0.6) is 0 Å². The van der Waals surface area contributed by atoms with Gasteiger partial charge in [0.2, 0.25) is 5.91 Å². The molecule has 0 saturated heterocycles. The van der Waals surface area contributed by atoms with Crippen LogP contribution in [0.1, 0.15) is 24.5 Å². The van der Waals surface area contributed by atoms with E-state index >= 15 is 0 Å². The summed E-state index contributed by atoms with van der Waals surface area (Å²) in [6, 6.07) is 6.13. The van der Waals surface area contributed by atoms with Crippen molar-refractivity contribution in [2.24, 2.45) is 5.92 Å². The minimum Gasteiger partial charge on any atom is -0.384 e. The first-order valence-electron chi connectivity index (χ1n) is 6.81. The lowest BCUT2D eigenvalue weighted by Crippen LogP contribution is -2.26. The predicted molar refractivity (Wildman–Crippen MR) is 76.1 cm³/mol. The first-order chi connectivity index (χ1) is 9.20. The summed E-state index contributed by atoms with van der Waals surface area (Å²) >= 11 is 0. The number of anilines is 1. The van der Waals surface area contributed by atoms with Gasteiger partial charge in [-0.15, -0.1) is 0 Å². The SMILES string of the molecule is COCC(C)CC(=O)Nc1cccc2c1CNCC2. The molecule has 19 heavy (non-hydrogen) atoms. The number of carbonyl (C=O) groups excluding carboxylic acids is 1. The van der Waals surface area contributed by atoms with Gasteiger partial charge < -0.3 is 15.4 Å². The molecule has 1 unspecified atom stereocenters. The van der Waals surface area contributed by atoms with E-state index in [0.717, 1.165) is 25.2 Å². The highest BCUT2D eigenvalue weighted by Crippen LogP contribution is 2.23. The minimum absolute atomic E-state index is 0.0588. The molecule has 1 amide bonds. The highest BCUT2D eigenvalue weighted by molar-refractivity contribution is 5.91. The number of rotatable bonds is 5. The summed E-state index contributed by atoms with van der Waals surface area (Å²) in [5.41, 5.74) is 3.50. The van der Waals surface area contributed by atoms with Crippen LogP contribution in [0.2, 0.25) is 0 Å². The molecular weight excluding hydrogens is 240 g/mol. The third kappa shape index (κ3) is 3.78. The molecule has 0 bridgehead atoms. The maximum atomic E-state index is 12.0. The number of carbonyl (C=O) groups is 1. The Morgan fingerprint density at radius 1 is 1.53 bits per heavy atom. The summed E-state index contributed by atoms with van der Waals surface area (Å²) in [5, 5.41) is 6.37. The predicted octanol–water partition coefficient (Wildman–Crippen LogP) is 1.94. The smallest absolute Gasteiger partial charge is 0.224 e. The van der Waals surface area contributed by atoms with Crippen molar-refractivity contribution in [2.45, 2.75) is 26.3 Å². The lowest BCUT2D eigenvalue weighted by molar-refractivity contribution is -0.117. The summed E-state index contributed by atoms with van der Waals surface area (Å²) in [6.07, 6.45) is 1.52. The highest BCUT2D eigenvalue weighted by atomic mass is 16.5. The Balaban J connectivity index is 2.01. The average Bonchev–Trinajstić information content (AvgIpc) is 2.39. The van der Waals surface area contributed by atoms with Gasteiger partial charge in [-0.25, -0.2) is 0 Å². The van der Waals surface area contributed by atoms with Crippen LogP contribution in [-0.2, 0) is 22.5 Å². The third-order valence-corrected chi connectivity index (χ3v) is 3.41. The van der Waals surface area contributed by atoms with E-state index in [0.29, 0.717) is 13.0 Å². The van der Waals surface area contributed by atoms with Crippen molar-refractivity contribution in [3.63, 3.8) is 0 Å². The van der Waals surface area contributed by atoms with E-state index in [9.17, 15) is 4.79 Å². The summed E-state index contributed by atoms with van der Waals surface area (Å²) in [6.45, 7) is 4.47. The average molecular weight is 262 g/mol. The van der Waals surface area contributed by atoms with Gasteiger partial charge in [-0.05, 0) is 36.1 Å². The first kappa shape index (κ1) is 14.0. The second-order valence-electron chi connectivity index (χ2n) is 5.18. The Morgan fingerprint density at radius 2 is 2.37 bits per heavy atom. The quantitative estimate of drug-likeness (QED) is 0.852. The van der Waals surface area contributed by atoms with Crippen LogP contribution in [0.25, 0.3) is 0 Å². The van der Waals surface area contributed by atoms with Crippen molar-refractivity contribution in [3.8, 4) is 0 Å². The largest absolute Gasteiger partial charge is 0.384 e. The van der Waals surface area contributed by atoms with Crippen LogP contribution in [0.3, 0.4) is 0 Å². The lowest BCUT2D eigenvalue weighted by Gasteiger charge is -2.21. The number of ether oxygens (including phenoxy) is 1. The van der Waals surface area contributed by atoms with Crippen LogP contribution in [0.4, 0.5) is 5.69 Å². The van der Waals surface area contributed by atoms with Crippen LogP contribution in [0.15, 0.2) is 18.2 Å². The monoisotopic (exact) mass is 262 g/mol. The molecule has 1 aliphatic rings. The second kappa shape index (κ2) is 6.68. The minimum atomic E-state index is 0.0588. The van der Waals surface area contributed by atoms with Crippen molar-refractivity contribution in [1.82, 2.24) is 5.32 Å². The van der Waals surface area contributed by atoms with Crippen LogP contribution in [-0.4, -0.2) is 26.2 Å². The molecule has 0 radical (unpaired) electrons. The number of benzene rings is 1. The Bertz CT molecular complexity index is 446. The van der Waals surface area contributed by atoms with Gasteiger partial charge in [0.15, 0.2) is 0 Å². The van der Waals surface area contributed by atoms with Gasteiger partial charge >= 0.3 is 0 Å². The Morgan fingerprint density at radius 3 is 3.16 bits per heavy atom. The van der Waals surface area contributed by atoms with Gasteiger partial charge in [0.1, 0.15) is 0 Å². The molecular formula is C15H22N2O2. The van der Waals surface area contributed by atoms with Crippen LogP contribution < -0.4 is 10.6 Å². The molecule has 0 aromatic heterocycles. The molecule has 1 aliphatic heterocycles. The first-order valence-corrected chi connectivity index (χ1v) is 6.81. The maximum absolute atomic E-state index is 12.0. The molecule has 2 rings (SSSR count). The maximum Gasteiger partial charge on any atom is 0.224 e. The van der Waals surface area contributed by atoms with E-state index in [-0.39, 0.29) is 11.8 Å². The van der Waals surface area contributed by atoms with Gasteiger partial charge in [0, 0.05) is 32.4 Å². The third-order valence-electron chi connectivity index (χ3n) is 3.41. The normalized spacial score (nSPS) is 15.7. The molecule has 1 aromatic carbocycles. The number of methoxy groups -OCH3 is 1. The Hall–Kier alpha value is -1.39. The molecule has 2 N–H and O–H groups in total. The Kier molecular flexibility index (Phi) is 4.93. The molecule has 0 saturated carbocycles. The number of nitrogens with one attached hydrogen (secondary N) is 2. The molecule has 1 aromatic rings. The summed E-state index contributed by atoms with van der Waals surface area (Å²) in [4.78, 5) is 12.0. The molecule has 0 spiro atoms. The van der Waals surface area contributed by atoms with Gasteiger partial charge in [0.05, 0.1) is 0 Å². The molecule has 104 valence electrons. The van der Waals surface area contributed by atoms with Crippen LogP contribution >= 0.6 is 0 Å². The zero-order chi connectivity index (χ0) is 13.7. The second-order valence-corrected chi connectivity index (χ2v) is 5.18. The van der Waals surface area contributed by atoms with Crippen molar-refractivity contribution >= 4 is 11.6 Å². The zero-order valence-electron chi connectivity index (χ0n) is 11.7. The fraction of sp³-hybridized carbons (Fsp3) is 0.533.